The number of carbonyl (C=O) groups excluding carboxylic acids is 1. The van der Waals surface area contributed by atoms with Crippen LogP contribution in [0.4, 0.5) is 5.82 Å². The summed E-state index contributed by atoms with van der Waals surface area (Å²) in [7, 11) is 1.74. The van der Waals surface area contributed by atoms with Gasteiger partial charge in [0.1, 0.15) is 24.7 Å². The Balaban J connectivity index is 1.79. The number of ether oxygens (including phenoxy) is 1. The molecule has 0 spiro atoms. The summed E-state index contributed by atoms with van der Waals surface area (Å²) in [5.41, 5.74) is 7.77. The van der Waals surface area contributed by atoms with Gasteiger partial charge in [0.25, 0.3) is 0 Å². The first kappa shape index (κ1) is 15.9. The second-order valence-electron chi connectivity index (χ2n) is 5.35. The van der Waals surface area contributed by atoms with Gasteiger partial charge in [-0.2, -0.15) is 5.10 Å². The maximum atomic E-state index is 12.1. The van der Waals surface area contributed by atoms with E-state index < -0.39 is 0 Å². The molecule has 0 aliphatic heterocycles. The maximum absolute atomic E-state index is 12.1. The Morgan fingerprint density at radius 1 is 1.32 bits per heavy atom. The van der Waals surface area contributed by atoms with Crippen molar-refractivity contribution < 1.29 is 9.53 Å². The van der Waals surface area contributed by atoms with Gasteiger partial charge in [0, 0.05) is 13.1 Å². The van der Waals surface area contributed by atoms with Crippen molar-refractivity contribution in [1.29, 1.82) is 0 Å². The molecule has 2 N–H and O–H groups in total. The Bertz CT molecular complexity index is 634. The van der Waals surface area contributed by atoms with Crippen molar-refractivity contribution in [1.82, 2.24) is 14.7 Å². The van der Waals surface area contributed by atoms with Gasteiger partial charge in [-0.25, -0.2) is 4.68 Å². The lowest BCUT2D eigenvalue weighted by atomic mass is 10.2. The lowest BCUT2D eigenvalue weighted by Gasteiger charge is -2.18. The molecule has 0 fully saturated rings. The molecule has 1 amide bonds. The number of anilines is 1. The molecule has 0 unspecified atom stereocenters. The van der Waals surface area contributed by atoms with Gasteiger partial charge in [-0.3, -0.25) is 4.79 Å². The lowest BCUT2D eigenvalue weighted by Crippen LogP contribution is -2.34. The molecule has 0 atom stereocenters. The van der Waals surface area contributed by atoms with E-state index in [2.05, 4.69) is 5.10 Å². The van der Waals surface area contributed by atoms with E-state index in [0.29, 0.717) is 19.0 Å². The number of hydrogen-bond acceptors (Lipinski definition) is 4. The van der Waals surface area contributed by atoms with E-state index >= 15 is 0 Å². The zero-order valence-corrected chi connectivity index (χ0v) is 13.2. The summed E-state index contributed by atoms with van der Waals surface area (Å²) >= 11 is 0. The average molecular weight is 302 g/mol. The SMILES string of the molecule is Cc1ccc(OCCN(C)C(=O)Cn2nc(C)cc2N)cc1. The first-order valence-corrected chi connectivity index (χ1v) is 7.19. The number of nitrogens with two attached hydrogens (primary N) is 1. The van der Waals surface area contributed by atoms with Crippen molar-refractivity contribution >= 4 is 11.7 Å². The largest absolute Gasteiger partial charge is 0.492 e. The highest BCUT2D eigenvalue weighted by molar-refractivity contribution is 5.76. The molecule has 0 bridgehead atoms. The third-order valence-corrected chi connectivity index (χ3v) is 3.36. The second-order valence-corrected chi connectivity index (χ2v) is 5.35. The number of carbonyl (C=O) groups is 1. The van der Waals surface area contributed by atoms with Gasteiger partial charge in [0.15, 0.2) is 0 Å². The Kier molecular flexibility index (Phi) is 5.04. The standard InChI is InChI=1S/C16H22N4O2/c1-12-4-6-14(7-5-12)22-9-8-19(3)16(21)11-20-15(17)10-13(2)18-20/h4-7,10H,8-9,11,17H2,1-3H3. The quantitative estimate of drug-likeness (QED) is 0.880. The molecule has 0 aliphatic carbocycles. The molecule has 6 heteroatoms. The van der Waals surface area contributed by atoms with Gasteiger partial charge in [-0.1, -0.05) is 17.7 Å². The van der Waals surface area contributed by atoms with Gasteiger partial charge >= 0.3 is 0 Å². The van der Waals surface area contributed by atoms with Gasteiger partial charge in [0.05, 0.1) is 12.2 Å². The number of likely N-dealkylation sites (N-methyl/N-ethyl adjacent to an activating group) is 1. The topological polar surface area (TPSA) is 73.4 Å². The number of amides is 1. The van der Waals surface area contributed by atoms with Crippen LogP contribution in [0.3, 0.4) is 0 Å². The van der Waals surface area contributed by atoms with E-state index in [1.54, 1.807) is 18.0 Å². The number of aryl methyl sites for hydroxylation is 2. The van der Waals surface area contributed by atoms with Crippen LogP contribution < -0.4 is 10.5 Å². The smallest absolute Gasteiger partial charge is 0.244 e. The summed E-state index contributed by atoms with van der Waals surface area (Å²) in [4.78, 5) is 13.7. The minimum absolute atomic E-state index is 0.0534. The lowest BCUT2D eigenvalue weighted by molar-refractivity contribution is -0.131. The summed E-state index contributed by atoms with van der Waals surface area (Å²) < 4.78 is 7.13. The number of rotatable bonds is 6. The van der Waals surface area contributed by atoms with E-state index in [9.17, 15) is 4.79 Å². The summed E-state index contributed by atoms with van der Waals surface area (Å²) in [5.74, 6) is 1.25. The molecule has 6 nitrogen and oxygen atoms in total. The minimum atomic E-state index is -0.0534. The van der Waals surface area contributed by atoms with E-state index in [1.165, 1.54) is 10.2 Å². The molecule has 0 saturated carbocycles. The second kappa shape index (κ2) is 6.98. The molecule has 118 valence electrons. The van der Waals surface area contributed by atoms with Crippen molar-refractivity contribution in [2.45, 2.75) is 20.4 Å². The minimum Gasteiger partial charge on any atom is -0.492 e. The van der Waals surface area contributed by atoms with Gasteiger partial charge in [-0.05, 0) is 26.0 Å². The van der Waals surface area contributed by atoms with Crippen LogP contribution in [-0.4, -0.2) is 40.8 Å². The third kappa shape index (κ3) is 4.25. The fourth-order valence-corrected chi connectivity index (χ4v) is 2.00. The predicted molar refractivity (Wildman–Crippen MR) is 85.7 cm³/mol. The van der Waals surface area contributed by atoms with Crippen LogP contribution in [0.1, 0.15) is 11.3 Å². The van der Waals surface area contributed by atoms with E-state index in [1.807, 2.05) is 38.1 Å². The van der Waals surface area contributed by atoms with Crippen LogP contribution in [-0.2, 0) is 11.3 Å². The van der Waals surface area contributed by atoms with Crippen molar-refractivity contribution in [2.24, 2.45) is 0 Å². The first-order chi connectivity index (χ1) is 10.5. The van der Waals surface area contributed by atoms with Crippen LogP contribution in [0.5, 0.6) is 5.75 Å². The van der Waals surface area contributed by atoms with E-state index in [4.69, 9.17) is 10.5 Å². The van der Waals surface area contributed by atoms with Crippen molar-refractivity contribution in [3.05, 3.63) is 41.6 Å². The van der Waals surface area contributed by atoms with Gasteiger partial charge in [-0.15, -0.1) is 0 Å². The zero-order chi connectivity index (χ0) is 16.1. The van der Waals surface area contributed by atoms with Gasteiger partial charge in [0.2, 0.25) is 5.91 Å². The fraction of sp³-hybridized carbons (Fsp3) is 0.375. The summed E-state index contributed by atoms with van der Waals surface area (Å²) in [5, 5.41) is 4.18. The number of nitrogens with zero attached hydrogens (tertiary/aromatic N) is 3. The molecular formula is C16H22N4O2. The van der Waals surface area contributed by atoms with Crippen LogP contribution in [0, 0.1) is 13.8 Å². The third-order valence-electron chi connectivity index (χ3n) is 3.36. The molecule has 2 rings (SSSR count). The highest BCUT2D eigenvalue weighted by atomic mass is 16.5. The Morgan fingerprint density at radius 3 is 2.59 bits per heavy atom. The summed E-state index contributed by atoms with van der Waals surface area (Å²) in [6.07, 6.45) is 0. The number of benzene rings is 1. The summed E-state index contributed by atoms with van der Waals surface area (Å²) in [6.45, 7) is 4.96. The number of nitrogen functional groups attached to an aromatic ring is 1. The molecule has 0 aliphatic rings. The van der Waals surface area contributed by atoms with Gasteiger partial charge < -0.3 is 15.4 Å². The Morgan fingerprint density at radius 2 is 2.00 bits per heavy atom. The molecule has 1 aromatic heterocycles. The highest BCUT2D eigenvalue weighted by Gasteiger charge is 2.12. The van der Waals surface area contributed by atoms with E-state index in [0.717, 1.165) is 11.4 Å². The van der Waals surface area contributed by atoms with Crippen LogP contribution in [0.15, 0.2) is 30.3 Å². The zero-order valence-electron chi connectivity index (χ0n) is 13.2. The molecule has 1 aromatic carbocycles. The number of aromatic nitrogens is 2. The van der Waals surface area contributed by atoms with Crippen molar-refractivity contribution in [2.75, 3.05) is 25.9 Å². The van der Waals surface area contributed by atoms with E-state index in [-0.39, 0.29) is 12.5 Å². The van der Waals surface area contributed by atoms with Crippen LogP contribution in [0.25, 0.3) is 0 Å². The Hall–Kier alpha value is -2.50. The molecular weight excluding hydrogens is 280 g/mol. The van der Waals surface area contributed by atoms with Crippen molar-refractivity contribution in [3.8, 4) is 5.75 Å². The van der Waals surface area contributed by atoms with Crippen molar-refractivity contribution in [3.63, 3.8) is 0 Å². The Labute approximate surface area is 130 Å². The summed E-state index contributed by atoms with van der Waals surface area (Å²) in [6, 6.07) is 9.57. The normalized spacial score (nSPS) is 10.5. The molecule has 0 radical (unpaired) electrons. The molecule has 22 heavy (non-hydrogen) atoms. The average Bonchev–Trinajstić information content (AvgIpc) is 2.78. The number of hydrogen-bond donors (Lipinski definition) is 1. The first-order valence-electron chi connectivity index (χ1n) is 7.19. The fourth-order valence-electron chi connectivity index (χ4n) is 2.00. The molecule has 1 heterocycles. The predicted octanol–water partition coefficient (Wildman–Crippen LogP) is 1.62. The maximum Gasteiger partial charge on any atom is 0.244 e. The highest BCUT2D eigenvalue weighted by Crippen LogP contribution is 2.11. The van der Waals surface area contributed by atoms with Crippen LogP contribution >= 0.6 is 0 Å². The van der Waals surface area contributed by atoms with Crippen LogP contribution in [0.2, 0.25) is 0 Å². The molecule has 2 aromatic rings. The molecule has 0 saturated heterocycles. The monoisotopic (exact) mass is 302 g/mol.